The van der Waals surface area contributed by atoms with Gasteiger partial charge >= 0.3 is 0 Å². The predicted octanol–water partition coefficient (Wildman–Crippen LogP) is 1.69. The fourth-order valence-electron chi connectivity index (χ4n) is 2.26. The van der Waals surface area contributed by atoms with Crippen molar-refractivity contribution in [3.63, 3.8) is 0 Å². The van der Waals surface area contributed by atoms with Crippen LogP contribution in [0.15, 0.2) is 59.9 Å². The van der Waals surface area contributed by atoms with Crippen LogP contribution in [0.4, 0.5) is 0 Å². The molecule has 112 valence electrons. The highest BCUT2D eigenvalue weighted by Gasteiger charge is 2.21. The van der Waals surface area contributed by atoms with Crippen molar-refractivity contribution >= 4 is 26.8 Å². The van der Waals surface area contributed by atoms with E-state index in [9.17, 15) is 13.2 Å². The quantitative estimate of drug-likeness (QED) is 0.797. The smallest absolute Gasteiger partial charge is 0.267 e. The van der Waals surface area contributed by atoms with Gasteiger partial charge in [-0.3, -0.25) is 9.78 Å². The molecule has 0 aliphatic rings. The average molecular weight is 315 g/mol. The molecule has 22 heavy (non-hydrogen) atoms. The van der Waals surface area contributed by atoms with E-state index in [1.165, 1.54) is 24.5 Å². The number of nitrogens with one attached hydrogen (secondary N) is 1. The van der Waals surface area contributed by atoms with Crippen molar-refractivity contribution in [2.24, 2.45) is 7.05 Å². The normalized spacial score (nSPS) is 11.5. The number of aromatic nitrogens is 2. The van der Waals surface area contributed by atoms with Crippen molar-refractivity contribution in [3.05, 3.63) is 60.6 Å². The van der Waals surface area contributed by atoms with Gasteiger partial charge in [-0.1, -0.05) is 18.2 Å². The van der Waals surface area contributed by atoms with E-state index in [4.69, 9.17) is 0 Å². The zero-order chi connectivity index (χ0) is 15.7. The summed E-state index contributed by atoms with van der Waals surface area (Å²) in [6.45, 7) is 0. The van der Waals surface area contributed by atoms with Crippen LogP contribution in [0, 0.1) is 0 Å². The number of para-hydroxylation sites is 1. The van der Waals surface area contributed by atoms with Gasteiger partial charge < -0.3 is 4.57 Å². The summed E-state index contributed by atoms with van der Waals surface area (Å²) in [6.07, 6.45) is 4.27. The Labute approximate surface area is 127 Å². The number of fused-ring (bicyclic) bond motifs is 1. The topological polar surface area (TPSA) is 81.1 Å². The van der Waals surface area contributed by atoms with Crippen LogP contribution in [0.5, 0.6) is 0 Å². The van der Waals surface area contributed by atoms with Crippen molar-refractivity contribution in [2.75, 3.05) is 0 Å². The Balaban J connectivity index is 1.98. The van der Waals surface area contributed by atoms with Crippen molar-refractivity contribution in [3.8, 4) is 0 Å². The first-order valence-corrected chi connectivity index (χ1v) is 7.98. The van der Waals surface area contributed by atoms with E-state index in [-0.39, 0.29) is 4.90 Å². The molecule has 0 radical (unpaired) electrons. The SMILES string of the molecule is Cn1cc(C(=O)NS(=O)(=O)c2cccnc2)c2ccccc21. The van der Waals surface area contributed by atoms with E-state index in [0.717, 1.165) is 5.52 Å². The summed E-state index contributed by atoms with van der Waals surface area (Å²) in [6, 6.07) is 10.2. The highest BCUT2D eigenvalue weighted by molar-refractivity contribution is 7.90. The Morgan fingerprint density at radius 2 is 1.95 bits per heavy atom. The van der Waals surface area contributed by atoms with E-state index < -0.39 is 15.9 Å². The standard InChI is InChI=1S/C15H13N3O3S/c1-18-10-13(12-6-2-3-7-14(12)18)15(19)17-22(20,21)11-5-4-8-16-9-11/h2-10H,1H3,(H,17,19). The molecule has 7 heteroatoms. The maximum atomic E-state index is 12.3. The number of nitrogens with zero attached hydrogens (tertiary/aromatic N) is 2. The van der Waals surface area contributed by atoms with Crippen LogP contribution in [0.3, 0.4) is 0 Å². The molecule has 3 aromatic rings. The lowest BCUT2D eigenvalue weighted by molar-refractivity contribution is 0.0983. The summed E-state index contributed by atoms with van der Waals surface area (Å²) in [5, 5.41) is 0.698. The number of carbonyl (C=O) groups excluding carboxylic acids is 1. The van der Waals surface area contributed by atoms with E-state index in [0.29, 0.717) is 10.9 Å². The van der Waals surface area contributed by atoms with Crippen LogP contribution < -0.4 is 4.72 Å². The molecule has 3 rings (SSSR count). The summed E-state index contributed by atoms with van der Waals surface area (Å²) in [5.41, 5.74) is 1.16. The Morgan fingerprint density at radius 1 is 1.18 bits per heavy atom. The molecule has 6 nitrogen and oxygen atoms in total. The van der Waals surface area contributed by atoms with Crippen LogP contribution in [0.1, 0.15) is 10.4 Å². The predicted molar refractivity (Wildman–Crippen MR) is 81.8 cm³/mol. The summed E-state index contributed by atoms with van der Waals surface area (Å²) in [7, 11) is -2.14. The number of benzene rings is 1. The number of aryl methyl sites for hydroxylation is 1. The first kappa shape index (κ1) is 14.3. The largest absolute Gasteiger partial charge is 0.350 e. The molecule has 1 N–H and O–H groups in total. The molecule has 0 aliphatic heterocycles. The van der Waals surface area contributed by atoms with E-state index in [1.807, 2.05) is 12.1 Å². The second-order valence-electron chi connectivity index (χ2n) is 4.79. The molecule has 0 aliphatic carbocycles. The van der Waals surface area contributed by atoms with Gasteiger partial charge in [0.1, 0.15) is 4.90 Å². The van der Waals surface area contributed by atoms with Gasteiger partial charge in [-0.15, -0.1) is 0 Å². The zero-order valence-electron chi connectivity index (χ0n) is 11.7. The van der Waals surface area contributed by atoms with Crippen LogP contribution in [-0.4, -0.2) is 23.9 Å². The number of hydrogen-bond donors (Lipinski definition) is 1. The number of sulfonamides is 1. The molecule has 0 atom stereocenters. The number of rotatable bonds is 3. The lowest BCUT2D eigenvalue weighted by Gasteiger charge is -2.05. The minimum Gasteiger partial charge on any atom is -0.350 e. The fourth-order valence-corrected chi connectivity index (χ4v) is 3.19. The molecular weight excluding hydrogens is 302 g/mol. The monoisotopic (exact) mass is 315 g/mol. The highest BCUT2D eigenvalue weighted by atomic mass is 32.2. The van der Waals surface area contributed by atoms with Crippen LogP contribution in [-0.2, 0) is 17.1 Å². The lowest BCUT2D eigenvalue weighted by atomic mass is 10.2. The second-order valence-corrected chi connectivity index (χ2v) is 6.48. The third kappa shape index (κ3) is 2.46. The summed E-state index contributed by atoms with van der Waals surface area (Å²) < 4.78 is 28.2. The zero-order valence-corrected chi connectivity index (χ0v) is 12.5. The van der Waals surface area contributed by atoms with Gasteiger partial charge in [0.15, 0.2) is 0 Å². The first-order chi connectivity index (χ1) is 10.5. The van der Waals surface area contributed by atoms with Gasteiger partial charge in [0.05, 0.1) is 5.56 Å². The summed E-state index contributed by atoms with van der Waals surface area (Å²) >= 11 is 0. The third-order valence-corrected chi connectivity index (χ3v) is 4.63. The minimum atomic E-state index is -3.94. The Kier molecular flexibility index (Phi) is 3.42. The third-order valence-electron chi connectivity index (χ3n) is 3.31. The molecule has 0 bridgehead atoms. The summed E-state index contributed by atoms with van der Waals surface area (Å²) in [5.74, 6) is -0.666. The maximum absolute atomic E-state index is 12.3. The number of amides is 1. The molecule has 0 spiro atoms. The van der Waals surface area contributed by atoms with E-state index in [2.05, 4.69) is 9.71 Å². The van der Waals surface area contributed by atoms with Gasteiger partial charge in [0.2, 0.25) is 0 Å². The van der Waals surface area contributed by atoms with Crippen LogP contribution in [0.25, 0.3) is 10.9 Å². The lowest BCUT2D eigenvalue weighted by Crippen LogP contribution is -2.30. The first-order valence-electron chi connectivity index (χ1n) is 6.50. The molecule has 2 heterocycles. The average Bonchev–Trinajstić information content (AvgIpc) is 2.86. The summed E-state index contributed by atoms with van der Waals surface area (Å²) in [4.78, 5) is 16.0. The van der Waals surface area contributed by atoms with Gasteiger partial charge in [0.25, 0.3) is 15.9 Å². The fraction of sp³-hybridized carbons (Fsp3) is 0.0667. The van der Waals surface area contributed by atoms with Gasteiger partial charge in [-0.05, 0) is 18.2 Å². The second kappa shape index (κ2) is 5.27. The van der Waals surface area contributed by atoms with Crippen molar-refractivity contribution < 1.29 is 13.2 Å². The highest BCUT2D eigenvalue weighted by Crippen LogP contribution is 2.20. The molecule has 0 fully saturated rings. The van der Waals surface area contributed by atoms with E-state index in [1.54, 1.807) is 29.9 Å². The van der Waals surface area contributed by atoms with Crippen LogP contribution in [0.2, 0.25) is 0 Å². The number of hydrogen-bond acceptors (Lipinski definition) is 4. The molecule has 0 unspecified atom stereocenters. The Hall–Kier alpha value is -2.67. The maximum Gasteiger partial charge on any atom is 0.267 e. The molecule has 1 amide bonds. The number of pyridine rings is 1. The number of carbonyl (C=O) groups is 1. The van der Waals surface area contributed by atoms with Gasteiger partial charge in [-0.25, -0.2) is 13.1 Å². The van der Waals surface area contributed by atoms with Crippen LogP contribution >= 0.6 is 0 Å². The molecule has 1 aromatic carbocycles. The minimum absolute atomic E-state index is 0.0522. The van der Waals surface area contributed by atoms with Crippen molar-refractivity contribution in [1.29, 1.82) is 0 Å². The van der Waals surface area contributed by atoms with Gasteiger partial charge in [-0.2, -0.15) is 0 Å². The Bertz CT molecular complexity index is 947. The molecule has 0 saturated carbocycles. The van der Waals surface area contributed by atoms with Crippen molar-refractivity contribution in [1.82, 2.24) is 14.3 Å². The molecule has 0 saturated heterocycles. The Morgan fingerprint density at radius 3 is 2.68 bits per heavy atom. The molecular formula is C15H13N3O3S. The van der Waals surface area contributed by atoms with Gasteiger partial charge in [0, 0.05) is 36.5 Å². The van der Waals surface area contributed by atoms with Crippen molar-refractivity contribution in [2.45, 2.75) is 4.90 Å². The van der Waals surface area contributed by atoms with E-state index >= 15 is 0 Å². The molecule has 2 aromatic heterocycles.